The lowest BCUT2D eigenvalue weighted by Crippen LogP contribution is -2.50. The lowest BCUT2D eigenvalue weighted by Gasteiger charge is -2.34. The number of rotatable bonds is 2. The highest BCUT2D eigenvalue weighted by Crippen LogP contribution is 2.07. The topological polar surface area (TPSA) is 90.2 Å². The van der Waals surface area contributed by atoms with E-state index in [9.17, 15) is 9.59 Å². The molecule has 2 heterocycles. The molecule has 1 aromatic heterocycles. The van der Waals surface area contributed by atoms with Gasteiger partial charge in [0, 0.05) is 38.6 Å². The van der Waals surface area contributed by atoms with Gasteiger partial charge in [-0.25, -0.2) is 4.98 Å². The number of piperazine rings is 1. The molecular weight excluding hydrogens is 246 g/mol. The van der Waals surface area contributed by atoms with Gasteiger partial charge in [0.1, 0.15) is 12.1 Å². The van der Waals surface area contributed by atoms with Crippen molar-refractivity contribution >= 4 is 11.8 Å². The minimum atomic E-state index is -0.186. The Bertz CT molecular complexity index is 503. The predicted molar refractivity (Wildman–Crippen MR) is 64.7 cm³/mol. The summed E-state index contributed by atoms with van der Waals surface area (Å²) in [5.74, 6) is -0.366. The van der Waals surface area contributed by atoms with Gasteiger partial charge in [-0.3, -0.25) is 14.6 Å². The zero-order valence-electron chi connectivity index (χ0n) is 10.3. The van der Waals surface area contributed by atoms with Crippen LogP contribution in [0, 0.1) is 11.3 Å². The molecule has 0 N–H and O–H groups in total. The third-order valence-electron chi connectivity index (χ3n) is 2.93. The van der Waals surface area contributed by atoms with Crippen molar-refractivity contribution in [3.63, 3.8) is 0 Å². The highest BCUT2D eigenvalue weighted by Gasteiger charge is 2.25. The molecule has 19 heavy (non-hydrogen) atoms. The van der Waals surface area contributed by atoms with E-state index in [1.165, 1.54) is 18.6 Å². The Morgan fingerprint density at radius 1 is 1.21 bits per heavy atom. The summed E-state index contributed by atoms with van der Waals surface area (Å²) in [6.07, 6.45) is 4.29. The van der Waals surface area contributed by atoms with Crippen LogP contribution >= 0.6 is 0 Å². The van der Waals surface area contributed by atoms with Crippen LogP contribution in [0.1, 0.15) is 16.9 Å². The maximum atomic E-state index is 12.1. The second-order valence-corrected chi connectivity index (χ2v) is 4.10. The van der Waals surface area contributed by atoms with E-state index in [1.807, 2.05) is 6.07 Å². The van der Waals surface area contributed by atoms with E-state index in [0.717, 1.165) is 0 Å². The van der Waals surface area contributed by atoms with Crippen molar-refractivity contribution in [2.75, 3.05) is 26.2 Å². The van der Waals surface area contributed by atoms with Crippen LogP contribution in [0.3, 0.4) is 0 Å². The van der Waals surface area contributed by atoms with Crippen LogP contribution in [0.25, 0.3) is 0 Å². The summed E-state index contributed by atoms with van der Waals surface area (Å²) in [4.78, 5) is 34.6. The van der Waals surface area contributed by atoms with Gasteiger partial charge in [-0.1, -0.05) is 0 Å². The van der Waals surface area contributed by atoms with Crippen molar-refractivity contribution in [2.24, 2.45) is 0 Å². The van der Waals surface area contributed by atoms with Crippen molar-refractivity contribution in [3.8, 4) is 6.07 Å². The summed E-state index contributed by atoms with van der Waals surface area (Å²) in [5.41, 5.74) is 0.305. The average molecular weight is 259 g/mol. The van der Waals surface area contributed by atoms with Crippen LogP contribution in [0.4, 0.5) is 0 Å². The summed E-state index contributed by atoms with van der Waals surface area (Å²) in [7, 11) is 0. The van der Waals surface area contributed by atoms with Gasteiger partial charge in [0.15, 0.2) is 0 Å². The molecule has 0 saturated carbocycles. The third kappa shape index (κ3) is 3.04. The Hall–Kier alpha value is -2.49. The zero-order chi connectivity index (χ0) is 13.7. The molecule has 7 nitrogen and oxygen atoms in total. The zero-order valence-corrected chi connectivity index (χ0v) is 10.3. The molecule has 7 heteroatoms. The van der Waals surface area contributed by atoms with Crippen LogP contribution in [-0.4, -0.2) is 57.8 Å². The van der Waals surface area contributed by atoms with Gasteiger partial charge in [-0.2, -0.15) is 5.26 Å². The monoisotopic (exact) mass is 259 g/mol. The Balaban J connectivity index is 1.92. The minimum absolute atomic E-state index is 0.113. The summed E-state index contributed by atoms with van der Waals surface area (Å²) in [6.45, 7) is 1.80. The number of hydrogen-bond acceptors (Lipinski definition) is 5. The maximum Gasteiger partial charge on any atom is 0.274 e. The van der Waals surface area contributed by atoms with Crippen molar-refractivity contribution < 1.29 is 9.59 Å². The molecule has 0 aliphatic carbocycles. The molecule has 98 valence electrons. The van der Waals surface area contributed by atoms with Crippen LogP contribution in [0.15, 0.2) is 18.6 Å². The number of amides is 2. The molecule has 0 bridgehead atoms. The fourth-order valence-electron chi connectivity index (χ4n) is 1.91. The summed E-state index contributed by atoms with van der Waals surface area (Å²) >= 11 is 0. The van der Waals surface area contributed by atoms with E-state index >= 15 is 0 Å². The SMILES string of the molecule is N#CCC(=O)N1CCN(C(=O)c2cnccn2)CC1. The van der Waals surface area contributed by atoms with Gasteiger partial charge >= 0.3 is 0 Å². The van der Waals surface area contributed by atoms with Crippen LogP contribution in [-0.2, 0) is 4.79 Å². The lowest BCUT2D eigenvalue weighted by molar-refractivity contribution is -0.131. The lowest BCUT2D eigenvalue weighted by atomic mass is 10.2. The summed E-state index contributed by atoms with van der Waals surface area (Å²) in [6, 6.07) is 1.83. The largest absolute Gasteiger partial charge is 0.338 e. The van der Waals surface area contributed by atoms with Crippen molar-refractivity contribution in [2.45, 2.75) is 6.42 Å². The standard InChI is InChI=1S/C12H13N5O2/c13-2-1-11(18)16-5-7-17(8-6-16)12(19)10-9-14-3-4-15-10/h3-4,9H,1,5-8H2. The van der Waals surface area contributed by atoms with E-state index in [0.29, 0.717) is 31.9 Å². The minimum Gasteiger partial charge on any atom is -0.338 e. The molecule has 1 fully saturated rings. The first-order valence-electron chi connectivity index (χ1n) is 5.92. The molecule has 0 unspecified atom stereocenters. The third-order valence-corrected chi connectivity index (χ3v) is 2.93. The van der Waals surface area contributed by atoms with Gasteiger partial charge in [0.05, 0.1) is 12.3 Å². The fraction of sp³-hybridized carbons (Fsp3) is 0.417. The number of aromatic nitrogens is 2. The summed E-state index contributed by atoms with van der Waals surface area (Å²) < 4.78 is 0. The first-order valence-corrected chi connectivity index (χ1v) is 5.92. The first kappa shape index (κ1) is 13.0. The van der Waals surface area contributed by atoms with Crippen molar-refractivity contribution in [1.29, 1.82) is 5.26 Å². The molecule has 0 atom stereocenters. The molecular formula is C12H13N5O2. The Kier molecular flexibility index (Phi) is 4.03. The maximum absolute atomic E-state index is 12.1. The molecule has 1 aliphatic heterocycles. The molecule has 1 aliphatic rings. The van der Waals surface area contributed by atoms with Gasteiger partial charge < -0.3 is 9.80 Å². The molecule has 0 radical (unpaired) electrons. The second kappa shape index (κ2) is 5.91. The molecule has 2 amide bonds. The van der Waals surface area contributed by atoms with E-state index < -0.39 is 0 Å². The quantitative estimate of drug-likeness (QED) is 0.725. The first-order chi connectivity index (χ1) is 9.22. The van der Waals surface area contributed by atoms with Gasteiger partial charge in [-0.15, -0.1) is 0 Å². The Labute approximate surface area is 110 Å². The molecule has 1 aromatic rings. The highest BCUT2D eigenvalue weighted by atomic mass is 16.2. The number of nitriles is 1. The number of carbonyl (C=O) groups excluding carboxylic acids is 2. The Morgan fingerprint density at radius 3 is 2.47 bits per heavy atom. The number of hydrogen-bond donors (Lipinski definition) is 0. The van der Waals surface area contributed by atoms with Crippen molar-refractivity contribution in [3.05, 3.63) is 24.3 Å². The number of carbonyl (C=O) groups is 2. The van der Waals surface area contributed by atoms with Gasteiger partial charge in [-0.05, 0) is 0 Å². The molecule has 0 spiro atoms. The second-order valence-electron chi connectivity index (χ2n) is 4.10. The van der Waals surface area contributed by atoms with E-state index in [4.69, 9.17) is 5.26 Å². The molecule has 2 rings (SSSR count). The smallest absolute Gasteiger partial charge is 0.274 e. The van der Waals surface area contributed by atoms with Crippen molar-refractivity contribution in [1.82, 2.24) is 19.8 Å². The predicted octanol–water partition coefficient (Wildman–Crippen LogP) is -0.325. The van der Waals surface area contributed by atoms with E-state index in [2.05, 4.69) is 9.97 Å². The van der Waals surface area contributed by atoms with E-state index in [-0.39, 0.29) is 18.2 Å². The number of nitrogens with zero attached hydrogens (tertiary/aromatic N) is 5. The summed E-state index contributed by atoms with van der Waals surface area (Å²) in [5, 5.41) is 8.48. The van der Waals surface area contributed by atoms with E-state index in [1.54, 1.807) is 9.80 Å². The van der Waals surface area contributed by atoms with Gasteiger partial charge in [0.2, 0.25) is 5.91 Å². The van der Waals surface area contributed by atoms with Crippen LogP contribution < -0.4 is 0 Å². The normalized spacial score (nSPS) is 14.9. The highest BCUT2D eigenvalue weighted by molar-refractivity contribution is 5.92. The fourth-order valence-corrected chi connectivity index (χ4v) is 1.91. The average Bonchev–Trinajstić information content (AvgIpc) is 2.48. The van der Waals surface area contributed by atoms with Crippen LogP contribution in [0.2, 0.25) is 0 Å². The Morgan fingerprint density at radius 2 is 1.89 bits per heavy atom. The van der Waals surface area contributed by atoms with Gasteiger partial charge in [0.25, 0.3) is 5.91 Å². The molecule has 1 saturated heterocycles. The molecule has 0 aromatic carbocycles. The van der Waals surface area contributed by atoms with Crippen LogP contribution in [0.5, 0.6) is 0 Å².